The minimum absolute atomic E-state index is 0.0830. The summed E-state index contributed by atoms with van der Waals surface area (Å²) in [5.41, 5.74) is 5.61. The van der Waals surface area contributed by atoms with Gasteiger partial charge in [-0.1, -0.05) is 6.42 Å². The summed E-state index contributed by atoms with van der Waals surface area (Å²) in [6, 6.07) is 0.243. The number of carbonyl (C=O) groups excluding carboxylic acids is 1. The molecule has 0 aromatic carbocycles. The predicted octanol–water partition coefficient (Wildman–Crippen LogP) is -0.440. The van der Waals surface area contributed by atoms with E-state index in [1.807, 2.05) is 0 Å². The lowest BCUT2D eigenvalue weighted by Gasteiger charge is -2.34. The Morgan fingerprint density at radius 3 is 2.50 bits per heavy atom. The van der Waals surface area contributed by atoms with Gasteiger partial charge < -0.3 is 11.1 Å². The zero-order chi connectivity index (χ0) is 11.8. The molecule has 0 radical (unpaired) electrons. The standard InChI is InChI=1S/C10H18N2O3S/c11-7-5-8(6-7)12-10(13)9-3-1-2-4-16(9,14)15/h7-9H,1-6,11H2,(H,12,13). The number of hydrogen-bond acceptors (Lipinski definition) is 4. The molecule has 2 aliphatic rings. The fourth-order valence-electron chi connectivity index (χ4n) is 2.32. The summed E-state index contributed by atoms with van der Waals surface area (Å²) in [5.74, 6) is -0.175. The van der Waals surface area contributed by atoms with Gasteiger partial charge in [0.1, 0.15) is 5.25 Å². The van der Waals surface area contributed by atoms with E-state index >= 15 is 0 Å². The molecule has 0 aromatic heterocycles. The molecule has 5 nitrogen and oxygen atoms in total. The zero-order valence-electron chi connectivity index (χ0n) is 9.19. The zero-order valence-corrected chi connectivity index (χ0v) is 10.0. The molecule has 1 unspecified atom stereocenters. The van der Waals surface area contributed by atoms with Crippen LogP contribution in [0.15, 0.2) is 0 Å². The van der Waals surface area contributed by atoms with Crippen LogP contribution in [0, 0.1) is 0 Å². The average Bonchev–Trinajstić information content (AvgIpc) is 2.14. The quantitative estimate of drug-likeness (QED) is 0.691. The number of amides is 1. The Kier molecular flexibility index (Phi) is 3.21. The summed E-state index contributed by atoms with van der Waals surface area (Å²) in [5, 5.41) is 1.95. The van der Waals surface area contributed by atoms with Gasteiger partial charge >= 0.3 is 0 Å². The van der Waals surface area contributed by atoms with Gasteiger partial charge in [-0.05, 0) is 25.7 Å². The fraction of sp³-hybridized carbons (Fsp3) is 0.900. The van der Waals surface area contributed by atoms with Crippen molar-refractivity contribution in [1.29, 1.82) is 0 Å². The molecule has 1 aliphatic carbocycles. The Bertz CT molecular complexity index is 374. The highest BCUT2D eigenvalue weighted by molar-refractivity contribution is 7.92. The van der Waals surface area contributed by atoms with Crippen LogP contribution in [0.2, 0.25) is 0 Å². The molecule has 0 bridgehead atoms. The van der Waals surface area contributed by atoms with E-state index < -0.39 is 15.1 Å². The fourth-order valence-corrected chi connectivity index (χ4v) is 4.13. The summed E-state index contributed by atoms with van der Waals surface area (Å²) < 4.78 is 23.4. The van der Waals surface area contributed by atoms with Gasteiger partial charge in [0.05, 0.1) is 5.75 Å². The second-order valence-corrected chi connectivity index (χ2v) is 7.09. The third kappa shape index (κ3) is 2.38. The van der Waals surface area contributed by atoms with Gasteiger partial charge in [0.2, 0.25) is 5.91 Å². The highest BCUT2D eigenvalue weighted by Crippen LogP contribution is 2.22. The van der Waals surface area contributed by atoms with Crippen molar-refractivity contribution >= 4 is 15.7 Å². The molecule has 2 fully saturated rings. The van der Waals surface area contributed by atoms with Crippen molar-refractivity contribution in [3.8, 4) is 0 Å². The predicted molar refractivity (Wildman–Crippen MR) is 60.6 cm³/mol. The van der Waals surface area contributed by atoms with Crippen molar-refractivity contribution in [3.05, 3.63) is 0 Å². The molecular weight excluding hydrogens is 228 g/mol. The van der Waals surface area contributed by atoms with Gasteiger partial charge in [0.25, 0.3) is 0 Å². The number of rotatable bonds is 2. The van der Waals surface area contributed by atoms with E-state index in [9.17, 15) is 13.2 Å². The van der Waals surface area contributed by atoms with Crippen LogP contribution in [0.5, 0.6) is 0 Å². The number of hydrogen-bond donors (Lipinski definition) is 2. The Balaban J connectivity index is 1.93. The van der Waals surface area contributed by atoms with Crippen LogP contribution in [0.1, 0.15) is 32.1 Å². The van der Waals surface area contributed by atoms with Gasteiger partial charge in [-0.2, -0.15) is 0 Å². The molecule has 1 saturated carbocycles. The molecule has 3 N–H and O–H groups in total. The van der Waals surface area contributed by atoms with Crippen LogP contribution < -0.4 is 11.1 Å². The highest BCUT2D eigenvalue weighted by Gasteiger charge is 2.37. The van der Waals surface area contributed by atoms with Crippen LogP contribution in [0.4, 0.5) is 0 Å². The minimum Gasteiger partial charge on any atom is -0.352 e. The normalized spacial score (nSPS) is 37.4. The molecule has 1 atom stereocenters. The molecule has 6 heteroatoms. The molecule has 92 valence electrons. The Morgan fingerprint density at radius 2 is 1.94 bits per heavy atom. The summed E-state index contributed by atoms with van der Waals surface area (Å²) in [4.78, 5) is 11.8. The van der Waals surface area contributed by atoms with Gasteiger partial charge in [-0.25, -0.2) is 8.42 Å². The van der Waals surface area contributed by atoms with Crippen molar-refractivity contribution in [2.45, 2.75) is 49.4 Å². The van der Waals surface area contributed by atoms with Crippen molar-refractivity contribution in [2.24, 2.45) is 5.73 Å². The topological polar surface area (TPSA) is 89.3 Å². The van der Waals surface area contributed by atoms with Crippen LogP contribution in [-0.2, 0) is 14.6 Å². The van der Waals surface area contributed by atoms with Gasteiger partial charge in [0.15, 0.2) is 9.84 Å². The van der Waals surface area contributed by atoms with Crippen LogP contribution in [-0.4, -0.2) is 37.4 Å². The van der Waals surface area contributed by atoms with E-state index in [2.05, 4.69) is 5.32 Å². The Hall–Kier alpha value is -0.620. The van der Waals surface area contributed by atoms with E-state index in [1.54, 1.807) is 0 Å². The van der Waals surface area contributed by atoms with Crippen LogP contribution >= 0.6 is 0 Å². The monoisotopic (exact) mass is 246 g/mol. The summed E-state index contributed by atoms with van der Waals surface area (Å²) in [7, 11) is -3.21. The maximum absolute atomic E-state index is 11.8. The SMILES string of the molecule is NC1CC(NC(=O)C2CCCCS2(=O)=O)C1. The molecule has 1 saturated heterocycles. The molecule has 0 aromatic rings. The maximum Gasteiger partial charge on any atom is 0.238 e. The first-order valence-corrected chi connectivity index (χ1v) is 7.48. The lowest BCUT2D eigenvalue weighted by Crippen LogP contribution is -2.54. The summed E-state index contributed by atoms with van der Waals surface area (Å²) >= 11 is 0. The molecular formula is C10H18N2O3S. The van der Waals surface area contributed by atoms with Crippen LogP contribution in [0.25, 0.3) is 0 Å². The number of nitrogens with one attached hydrogen (secondary N) is 1. The Labute approximate surface area is 95.7 Å². The van der Waals surface area contributed by atoms with E-state index in [0.29, 0.717) is 12.8 Å². The maximum atomic E-state index is 11.8. The third-order valence-corrected chi connectivity index (χ3v) is 5.57. The van der Waals surface area contributed by atoms with Crippen molar-refractivity contribution < 1.29 is 13.2 Å². The molecule has 1 aliphatic heterocycles. The van der Waals surface area contributed by atoms with E-state index in [4.69, 9.17) is 5.73 Å². The van der Waals surface area contributed by atoms with Crippen molar-refractivity contribution in [2.75, 3.05) is 5.75 Å². The average molecular weight is 246 g/mol. The van der Waals surface area contributed by atoms with Crippen molar-refractivity contribution in [1.82, 2.24) is 5.32 Å². The lowest BCUT2D eigenvalue weighted by molar-refractivity contribution is -0.122. The van der Waals surface area contributed by atoms with Gasteiger partial charge in [-0.3, -0.25) is 4.79 Å². The molecule has 2 rings (SSSR count). The first-order valence-electron chi connectivity index (χ1n) is 5.76. The molecule has 1 heterocycles. The first-order chi connectivity index (χ1) is 7.49. The number of carbonyl (C=O) groups is 1. The smallest absolute Gasteiger partial charge is 0.238 e. The van der Waals surface area contributed by atoms with Crippen molar-refractivity contribution in [3.63, 3.8) is 0 Å². The van der Waals surface area contributed by atoms with E-state index in [-0.39, 0.29) is 23.7 Å². The number of sulfone groups is 1. The number of nitrogens with two attached hydrogens (primary N) is 1. The second-order valence-electron chi connectivity index (χ2n) is 4.79. The van der Waals surface area contributed by atoms with Gasteiger partial charge in [0, 0.05) is 12.1 Å². The lowest BCUT2D eigenvalue weighted by atomic mass is 9.87. The minimum atomic E-state index is -3.21. The third-order valence-electron chi connectivity index (χ3n) is 3.39. The molecule has 1 amide bonds. The molecule has 0 spiro atoms. The largest absolute Gasteiger partial charge is 0.352 e. The first kappa shape index (κ1) is 11.9. The van der Waals surface area contributed by atoms with Gasteiger partial charge in [-0.15, -0.1) is 0 Å². The molecule has 16 heavy (non-hydrogen) atoms. The summed E-state index contributed by atoms with van der Waals surface area (Å²) in [6.45, 7) is 0. The second kappa shape index (κ2) is 4.33. The highest BCUT2D eigenvalue weighted by atomic mass is 32.2. The van der Waals surface area contributed by atoms with Crippen LogP contribution in [0.3, 0.4) is 0 Å². The van der Waals surface area contributed by atoms with E-state index in [0.717, 1.165) is 19.3 Å². The summed E-state index contributed by atoms with van der Waals surface area (Å²) in [6.07, 6.45) is 3.49. The van der Waals surface area contributed by atoms with E-state index in [1.165, 1.54) is 0 Å². The Morgan fingerprint density at radius 1 is 1.25 bits per heavy atom.